The van der Waals surface area contributed by atoms with E-state index < -0.39 is 6.10 Å². The highest BCUT2D eigenvalue weighted by molar-refractivity contribution is 5.97. The lowest BCUT2D eigenvalue weighted by Gasteiger charge is -2.17. The molecule has 0 radical (unpaired) electrons. The minimum absolute atomic E-state index is 0.0804. The molecule has 3 nitrogen and oxygen atoms in total. The van der Waals surface area contributed by atoms with Gasteiger partial charge in [-0.1, -0.05) is 0 Å². The molecule has 0 aromatic heterocycles. The summed E-state index contributed by atoms with van der Waals surface area (Å²) in [4.78, 5) is 13.4. The average Bonchev–Trinajstić information content (AvgIpc) is 2.16. The Kier molecular flexibility index (Phi) is 4.58. The first-order valence-electron chi connectivity index (χ1n) is 5.14. The normalized spacial score (nSPS) is 12.8. The molecule has 0 heterocycles. The minimum atomic E-state index is -0.467. The summed E-state index contributed by atoms with van der Waals surface area (Å²) in [5, 5.41) is 9.14. The Morgan fingerprint density at radius 2 is 2.00 bits per heavy atom. The molecule has 1 aromatic carbocycles. The molecule has 1 unspecified atom stereocenters. The summed E-state index contributed by atoms with van der Waals surface area (Å²) in [5.41, 5.74) is 0.485. The van der Waals surface area contributed by atoms with Gasteiger partial charge >= 0.3 is 0 Å². The predicted octanol–water partition coefficient (Wildman–Crippen LogP) is 1.32. The van der Waals surface area contributed by atoms with E-state index >= 15 is 0 Å². The number of Topliss-reactive ketones (excluding diaryl/α,β-unsaturated/α-hetero) is 1. The van der Waals surface area contributed by atoms with E-state index in [1.807, 2.05) is 0 Å². The van der Waals surface area contributed by atoms with Gasteiger partial charge < -0.3 is 5.11 Å². The zero-order chi connectivity index (χ0) is 12.1. The third-order valence-electron chi connectivity index (χ3n) is 2.16. The molecular formula is C12H16FNO2. The molecule has 0 aliphatic rings. The van der Waals surface area contributed by atoms with E-state index in [0.29, 0.717) is 12.1 Å². The summed E-state index contributed by atoms with van der Waals surface area (Å²) < 4.78 is 12.6. The van der Waals surface area contributed by atoms with Crippen molar-refractivity contribution in [2.75, 3.05) is 20.1 Å². The van der Waals surface area contributed by atoms with Crippen LogP contribution in [0.4, 0.5) is 4.39 Å². The maximum absolute atomic E-state index is 12.6. The van der Waals surface area contributed by atoms with Crippen molar-refractivity contribution in [3.63, 3.8) is 0 Å². The lowest BCUT2D eigenvalue weighted by atomic mass is 10.1. The summed E-state index contributed by atoms with van der Waals surface area (Å²) in [5.74, 6) is -0.433. The van der Waals surface area contributed by atoms with Crippen LogP contribution in [0.25, 0.3) is 0 Å². The van der Waals surface area contributed by atoms with E-state index in [9.17, 15) is 9.18 Å². The molecule has 1 aromatic rings. The highest BCUT2D eigenvalue weighted by atomic mass is 19.1. The van der Waals surface area contributed by atoms with Crippen LogP contribution >= 0.6 is 0 Å². The number of ketones is 1. The first-order valence-corrected chi connectivity index (χ1v) is 5.14. The fraction of sp³-hybridized carbons (Fsp3) is 0.417. The molecule has 1 N–H and O–H groups in total. The average molecular weight is 225 g/mol. The van der Waals surface area contributed by atoms with E-state index in [1.54, 1.807) is 18.9 Å². The van der Waals surface area contributed by atoms with Crippen LogP contribution in [-0.2, 0) is 0 Å². The summed E-state index contributed by atoms with van der Waals surface area (Å²) in [6.07, 6.45) is -0.467. The predicted molar refractivity (Wildman–Crippen MR) is 59.9 cm³/mol. The highest BCUT2D eigenvalue weighted by Crippen LogP contribution is 2.04. The van der Waals surface area contributed by atoms with Crippen LogP contribution in [0.2, 0.25) is 0 Å². The highest BCUT2D eigenvalue weighted by Gasteiger charge is 2.10. The minimum Gasteiger partial charge on any atom is -0.392 e. The summed E-state index contributed by atoms with van der Waals surface area (Å²) in [6, 6.07) is 5.46. The first-order chi connectivity index (χ1) is 7.49. The summed E-state index contributed by atoms with van der Waals surface area (Å²) in [6.45, 7) is 2.32. The molecular weight excluding hydrogens is 209 g/mol. The van der Waals surface area contributed by atoms with Crippen molar-refractivity contribution in [1.82, 2.24) is 4.90 Å². The van der Waals surface area contributed by atoms with Crippen molar-refractivity contribution in [2.24, 2.45) is 0 Å². The third kappa shape index (κ3) is 4.08. The van der Waals surface area contributed by atoms with Crippen molar-refractivity contribution in [2.45, 2.75) is 13.0 Å². The van der Waals surface area contributed by atoms with Gasteiger partial charge in [0.15, 0.2) is 5.78 Å². The Balaban J connectivity index is 2.55. The Bertz CT molecular complexity index is 349. The molecule has 0 spiro atoms. The van der Waals surface area contributed by atoms with Crippen molar-refractivity contribution in [1.29, 1.82) is 0 Å². The van der Waals surface area contributed by atoms with Gasteiger partial charge in [0.1, 0.15) is 5.82 Å². The topological polar surface area (TPSA) is 40.5 Å². The lowest BCUT2D eigenvalue weighted by molar-refractivity contribution is 0.0901. The second-order valence-electron chi connectivity index (χ2n) is 3.98. The number of rotatable bonds is 5. The van der Waals surface area contributed by atoms with Crippen LogP contribution in [0, 0.1) is 5.82 Å². The van der Waals surface area contributed by atoms with Gasteiger partial charge in [-0.3, -0.25) is 9.69 Å². The molecule has 0 bridgehead atoms. The molecule has 88 valence electrons. The van der Waals surface area contributed by atoms with E-state index in [1.165, 1.54) is 24.3 Å². The molecule has 1 atom stereocenters. The number of carbonyl (C=O) groups excluding carboxylic acids is 1. The summed E-state index contributed by atoms with van der Waals surface area (Å²) in [7, 11) is 1.76. The van der Waals surface area contributed by atoms with Gasteiger partial charge in [0, 0.05) is 12.1 Å². The van der Waals surface area contributed by atoms with Crippen molar-refractivity contribution in [3.8, 4) is 0 Å². The van der Waals surface area contributed by atoms with E-state index in [2.05, 4.69) is 0 Å². The molecule has 0 aliphatic heterocycles. The molecule has 0 amide bonds. The third-order valence-corrected chi connectivity index (χ3v) is 2.16. The second-order valence-corrected chi connectivity index (χ2v) is 3.98. The molecule has 4 heteroatoms. The first kappa shape index (κ1) is 12.8. The number of hydrogen-bond acceptors (Lipinski definition) is 3. The zero-order valence-corrected chi connectivity index (χ0v) is 9.48. The molecule has 16 heavy (non-hydrogen) atoms. The van der Waals surface area contributed by atoms with Gasteiger partial charge in [-0.2, -0.15) is 0 Å². The van der Waals surface area contributed by atoms with Crippen LogP contribution in [0.15, 0.2) is 24.3 Å². The molecule has 0 fully saturated rings. The Morgan fingerprint density at radius 1 is 1.44 bits per heavy atom. The zero-order valence-electron chi connectivity index (χ0n) is 9.48. The molecule has 0 saturated carbocycles. The number of hydrogen-bond donors (Lipinski definition) is 1. The van der Waals surface area contributed by atoms with Gasteiger partial charge in [0.25, 0.3) is 0 Å². The van der Waals surface area contributed by atoms with Gasteiger partial charge in [-0.15, -0.1) is 0 Å². The monoisotopic (exact) mass is 225 g/mol. The van der Waals surface area contributed by atoms with E-state index in [-0.39, 0.29) is 18.1 Å². The SMILES string of the molecule is CC(O)CN(C)CC(=O)c1ccc(F)cc1. The number of nitrogens with zero attached hydrogens (tertiary/aromatic N) is 1. The number of likely N-dealkylation sites (N-methyl/N-ethyl adjacent to an activating group) is 1. The lowest BCUT2D eigenvalue weighted by Crippen LogP contribution is -2.32. The van der Waals surface area contributed by atoms with Crippen LogP contribution < -0.4 is 0 Å². The van der Waals surface area contributed by atoms with E-state index in [4.69, 9.17) is 5.11 Å². The van der Waals surface area contributed by atoms with Gasteiger partial charge in [-0.05, 0) is 38.2 Å². The number of aliphatic hydroxyl groups excluding tert-OH is 1. The van der Waals surface area contributed by atoms with E-state index in [0.717, 1.165) is 0 Å². The quantitative estimate of drug-likeness (QED) is 0.768. The van der Waals surface area contributed by atoms with Crippen molar-refractivity contribution >= 4 is 5.78 Å². The number of halogens is 1. The van der Waals surface area contributed by atoms with Crippen molar-refractivity contribution < 1.29 is 14.3 Å². The Hall–Kier alpha value is -1.26. The molecule has 0 aliphatic carbocycles. The largest absolute Gasteiger partial charge is 0.392 e. The van der Waals surface area contributed by atoms with Crippen molar-refractivity contribution in [3.05, 3.63) is 35.6 Å². The van der Waals surface area contributed by atoms with Gasteiger partial charge in [-0.25, -0.2) is 4.39 Å². The molecule has 0 saturated heterocycles. The van der Waals surface area contributed by atoms with Crippen LogP contribution in [-0.4, -0.2) is 42.0 Å². The van der Waals surface area contributed by atoms with Gasteiger partial charge in [0.2, 0.25) is 0 Å². The maximum atomic E-state index is 12.6. The number of aliphatic hydroxyl groups is 1. The second kappa shape index (κ2) is 5.72. The molecule has 1 rings (SSSR count). The summed E-state index contributed by atoms with van der Waals surface area (Å²) >= 11 is 0. The van der Waals surface area contributed by atoms with Crippen LogP contribution in [0.5, 0.6) is 0 Å². The maximum Gasteiger partial charge on any atom is 0.176 e. The standard InChI is InChI=1S/C12H16FNO2/c1-9(15)7-14(2)8-12(16)10-3-5-11(13)6-4-10/h3-6,9,15H,7-8H2,1-2H3. The number of carbonyl (C=O) groups is 1. The van der Waals surface area contributed by atoms with Gasteiger partial charge in [0.05, 0.1) is 12.6 Å². The Labute approximate surface area is 94.5 Å². The Morgan fingerprint density at radius 3 is 2.50 bits per heavy atom. The fourth-order valence-corrected chi connectivity index (χ4v) is 1.49. The number of benzene rings is 1. The smallest absolute Gasteiger partial charge is 0.176 e. The van der Waals surface area contributed by atoms with Crippen LogP contribution in [0.1, 0.15) is 17.3 Å². The van der Waals surface area contributed by atoms with Crippen LogP contribution in [0.3, 0.4) is 0 Å². The fourth-order valence-electron chi connectivity index (χ4n) is 1.49.